The topological polar surface area (TPSA) is 258 Å². The van der Waals surface area contributed by atoms with Gasteiger partial charge in [-0.1, -0.05) is 0 Å². The summed E-state index contributed by atoms with van der Waals surface area (Å²) in [7, 11) is 0. The first-order valence-corrected chi connectivity index (χ1v) is 11.1. The van der Waals surface area contributed by atoms with Crippen molar-refractivity contribution in [2.24, 2.45) is 27.9 Å². The average Bonchev–Trinajstić information content (AvgIpc) is 2.74. The van der Waals surface area contributed by atoms with Crippen molar-refractivity contribution < 1.29 is 29.1 Å². The maximum Gasteiger partial charge on any atom is 0.326 e. The Morgan fingerprint density at radius 2 is 1.30 bits per heavy atom. The summed E-state index contributed by atoms with van der Waals surface area (Å²) >= 11 is 8.03. The number of hydrogen-bond acceptors (Lipinski definition) is 9. The number of carboxylic acids is 1. The minimum atomic E-state index is -1.39. The van der Waals surface area contributed by atoms with Gasteiger partial charge in [-0.05, 0) is 19.3 Å². The lowest BCUT2D eigenvalue weighted by Crippen LogP contribution is -2.58. The number of amides is 4. The highest BCUT2D eigenvalue weighted by molar-refractivity contribution is 7.80. The van der Waals surface area contributed by atoms with E-state index >= 15 is 0 Å². The van der Waals surface area contributed by atoms with Crippen LogP contribution in [0.15, 0.2) is 4.99 Å². The molecule has 4 unspecified atom stereocenters. The monoisotopic (exact) mass is 508 g/mol. The van der Waals surface area contributed by atoms with E-state index in [1.807, 2.05) is 0 Å². The van der Waals surface area contributed by atoms with Crippen molar-refractivity contribution in [3.05, 3.63) is 0 Å². The van der Waals surface area contributed by atoms with Gasteiger partial charge in [-0.25, -0.2) is 4.79 Å². The van der Waals surface area contributed by atoms with E-state index in [0.717, 1.165) is 0 Å². The van der Waals surface area contributed by atoms with Crippen molar-refractivity contribution in [2.75, 3.05) is 18.1 Å². The van der Waals surface area contributed by atoms with Crippen molar-refractivity contribution in [1.82, 2.24) is 16.0 Å². The average molecular weight is 509 g/mol. The van der Waals surface area contributed by atoms with Crippen molar-refractivity contribution in [1.29, 1.82) is 0 Å². The van der Waals surface area contributed by atoms with E-state index in [1.165, 1.54) is 0 Å². The van der Waals surface area contributed by atoms with E-state index in [-0.39, 0.29) is 43.3 Å². The summed E-state index contributed by atoms with van der Waals surface area (Å²) in [5, 5.41) is 16.2. The number of guanidine groups is 1. The summed E-state index contributed by atoms with van der Waals surface area (Å²) in [4.78, 5) is 63.1. The Labute approximate surface area is 201 Å². The molecular weight excluding hydrogens is 476 g/mol. The van der Waals surface area contributed by atoms with E-state index in [4.69, 9.17) is 22.9 Å². The molecule has 0 aromatic carbocycles. The van der Waals surface area contributed by atoms with Gasteiger partial charge in [-0.15, -0.1) is 0 Å². The highest BCUT2D eigenvalue weighted by atomic mass is 32.1. The molecule has 16 heteroatoms. The number of aliphatic carboxylic acids is 1. The van der Waals surface area contributed by atoms with Gasteiger partial charge in [0.2, 0.25) is 23.6 Å². The molecule has 0 radical (unpaired) electrons. The van der Waals surface area contributed by atoms with Gasteiger partial charge in [-0.2, -0.15) is 25.3 Å². The number of hydrogen-bond donors (Lipinski definition) is 10. The molecule has 0 saturated carbocycles. The van der Waals surface area contributed by atoms with E-state index < -0.39 is 53.8 Å². The van der Waals surface area contributed by atoms with Gasteiger partial charge in [0.1, 0.15) is 18.1 Å². The summed E-state index contributed by atoms with van der Waals surface area (Å²) in [6.07, 6.45) is 0.217. The van der Waals surface area contributed by atoms with Crippen LogP contribution in [0.3, 0.4) is 0 Å². The highest BCUT2D eigenvalue weighted by Gasteiger charge is 2.29. The summed E-state index contributed by atoms with van der Waals surface area (Å²) in [5.41, 5.74) is 21.2. The third kappa shape index (κ3) is 12.8. The second kappa shape index (κ2) is 16.0. The first-order chi connectivity index (χ1) is 15.4. The van der Waals surface area contributed by atoms with Gasteiger partial charge in [-0.3, -0.25) is 24.2 Å². The summed E-state index contributed by atoms with van der Waals surface area (Å²) in [6, 6.07) is -4.66. The smallest absolute Gasteiger partial charge is 0.326 e. The predicted octanol–water partition coefficient (Wildman–Crippen LogP) is -3.97. The number of nitrogens with zero attached hydrogens (tertiary/aromatic N) is 1. The Kier molecular flexibility index (Phi) is 14.7. The molecule has 0 fully saturated rings. The molecular formula is C17H32N8O6S2. The number of nitrogens with two attached hydrogens (primary N) is 4. The fourth-order valence-electron chi connectivity index (χ4n) is 2.41. The fourth-order valence-corrected chi connectivity index (χ4v) is 2.92. The van der Waals surface area contributed by atoms with Crippen LogP contribution < -0.4 is 38.9 Å². The van der Waals surface area contributed by atoms with E-state index in [1.54, 1.807) is 0 Å². The van der Waals surface area contributed by atoms with Crippen LogP contribution in [-0.2, 0) is 24.0 Å². The van der Waals surface area contributed by atoms with Crippen molar-refractivity contribution in [3.8, 4) is 0 Å². The summed E-state index contributed by atoms with van der Waals surface area (Å²) in [5.74, 6) is -4.64. The molecule has 0 aliphatic rings. The number of carboxylic acid groups (broad SMARTS) is 1. The number of primary amides is 1. The zero-order valence-corrected chi connectivity index (χ0v) is 19.7. The SMILES string of the molecule is NC(=O)CCC(NC(=O)C(CS)NC(=O)C(CS)NC(=O)C(N)CCCN=C(N)N)C(=O)O. The van der Waals surface area contributed by atoms with Crippen LogP contribution in [0.25, 0.3) is 0 Å². The minimum Gasteiger partial charge on any atom is -0.480 e. The predicted molar refractivity (Wildman–Crippen MR) is 127 cm³/mol. The third-order valence-electron chi connectivity index (χ3n) is 4.23. The molecule has 4 atom stereocenters. The third-order valence-corrected chi connectivity index (χ3v) is 4.96. The summed E-state index contributed by atoms with van der Waals surface area (Å²) in [6.45, 7) is 0.287. The van der Waals surface area contributed by atoms with Gasteiger partial charge in [0, 0.05) is 24.5 Å². The first kappa shape index (κ1) is 30.3. The van der Waals surface area contributed by atoms with E-state index in [2.05, 4.69) is 46.2 Å². The molecule has 12 N–H and O–H groups in total. The summed E-state index contributed by atoms with van der Waals surface area (Å²) < 4.78 is 0. The standard InChI is InChI=1S/C17H32N8O6S2/c18-8(2-1-5-22-17(20)21)13(27)24-10(6-32)15(29)25-11(7-33)14(28)23-9(16(30)31)3-4-12(19)26/h8-11,32-33H,1-7,18H2,(H2,19,26)(H,23,28)(H,24,27)(H,25,29)(H,30,31)(H4,20,21,22). The second-order valence-electron chi connectivity index (χ2n) is 6.95. The lowest BCUT2D eigenvalue weighted by Gasteiger charge is -2.23. The molecule has 4 amide bonds. The quantitative estimate of drug-likeness (QED) is 0.0421. The van der Waals surface area contributed by atoms with Crippen molar-refractivity contribution in [3.63, 3.8) is 0 Å². The molecule has 0 aromatic heterocycles. The Morgan fingerprint density at radius 3 is 1.73 bits per heavy atom. The molecule has 0 spiro atoms. The maximum atomic E-state index is 12.5. The van der Waals surface area contributed by atoms with E-state index in [9.17, 15) is 29.1 Å². The lowest BCUT2D eigenvalue weighted by molar-refractivity contribution is -0.142. The number of thiol groups is 2. The number of aliphatic imine (C=N–C) groups is 1. The van der Waals surface area contributed by atoms with Crippen LogP contribution in [0.4, 0.5) is 0 Å². The maximum absolute atomic E-state index is 12.5. The van der Waals surface area contributed by atoms with Gasteiger partial charge < -0.3 is 44.0 Å². The molecule has 0 aromatic rings. The Morgan fingerprint density at radius 1 is 0.818 bits per heavy atom. The van der Waals surface area contributed by atoms with Gasteiger partial charge >= 0.3 is 5.97 Å². The van der Waals surface area contributed by atoms with Crippen LogP contribution in [0.5, 0.6) is 0 Å². The molecule has 0 heterocycles. The molecule has 188 valence electrons. The fraction of sp³-hybridized carbons (Fsp3) is 0.647. The van der Waals surface area contributed by atoms with Crippen LogP contribution in [0.1, 0.15) is 25.7 Å². The molecule has 0 rings (SSSR count). The van der Waals surface area contributed by atoms with Crippen LogP contribution in [0, 0.1) is 0 Å². The second-order valence-corrected chi connectivity index (χ2v) is 7.68. The Balaban J connectivity index is 4.90. The van der Waals surface area contributed by atoms with Crippen LogP contribution in [-0.4, -0.2) is 82.9 Å². The van der Waals surface area contributed by atoms with E-state index in [0.29, 0.717) is 6.42 Å². The highest BCUT2D eigenvalue weighted by Crippen LogP contribution is 2.01. The Hall–Kier alpha value is -2.72. The number of carbonyl (C=O) groups excluding carboxylic acids is 4. The zero-order chi connectivity index (χ0) is 25.6. The number of carbonyl (C=O) groups is 5. The van der Waals surface area contributed by atoms with Gasteiger partial charge in [0.15, 0.2) is 5.96 Å². The lowest BCUT2D eigenvalue weighted by atomic mass is 10.1. The number of nitrogens with one attached hydrogen (secondary N) is 3. The molecule has 0 bridgehead atoms. The van der Waals surface area contributed by atoms with Crippen molar-refractivity contribution >= 4 is 60.8 Å². The molecule has 0 aliphatic carbocycles. The van der Waals surface area contributed by atoms with Crippen molar-refractivity contribution in [2.45, 2.75) is 49.9 Å². The number of rotatable bonds is 16. The van der Waals surface area contributed by atoms with Gasteiger partial charge in [0.05, 0.1) is 6.04 Å². The van der Waals surface area contributed by atoms with Crippen LogP contribution >= 0.6 is 25.3 Å². The minimum absolute atomic E-state index is 0.0786. The molecule has 0 saturated heterocycles. The van der Waals surface area contributed by atoms with Crippen LogP contribution in [0.2, 0.25) is 0 Å². The zero-order valence-electron chi connectivity index (χ0n) is 17.9. The molecule has 0 aliphatic heterocycles. The van der Waals surface area contributed by atoms with Gasteiger partial charge in [0.25, 0.3) is 0 Å². The largest absolute Gasteiger partial charge is 0.480 e. The Bertz CT molecular complexity index is 734. The first-order valence-electron chi connectivity index (χ1n) is 9.87. The normalized spacial score (nSPS) is 14.2. The molecule has 14 nitrogen and oxygen atoms in total. The molecule has 33 heavy (non-hydrogen) atoms.